The molecule has 0 spiro atoms. The molecular weight excluding hydrogens is 510 g/mol. The Balaban J connectivity index is 1.82. The number of benzene rings is 2. The number of hydrogen-bond acceptors (Lipinski definition) is 7. The lowest BCUT2D eigenvalue weighted by molar-refractivity contribution is -0.156. The van der Waals surface area contributed by atoms with E-state index in [0.29, 0.717) is 21.7 Å². The molecule has 0 saturated heterocycles. The summed E-state index contributed by atoms with van der Waals surface area (Å²) in [5, 5.41) is 2.67. The Kier molecular flexibility index (Phi) is 8.46. The number of carbonyl (C=O) groups is 2. The number of ether oxygens (including phenoxy) is 1. The number of anilines is 1. The minimum absolute atomic E-state index is 0.100. The first-order valence-corrected chi connectivity index (χ1v) is 14.0. The van der Waals surface area contributed by atoms with Crippen molar-refractivity contribution in [1.82, 2.24) is 10.0 Å². The van der Waals surface area contributed by atoms with Crippen LogP contribution in [0.1, 0.15) is 47.1 Å². The summed E-state index contributed by atoms with van der Waals surface area (Å²) in [6.07, 6.45) is 0. The van der Waals surface area contributed by atoms with Crippen LogP contribution in [0.15, 0.2) is 53.4 Å². The smallest absolute Gasteiger partial charge is 0.326 e. The maximum atomic E-state index is 13.3. The van der Waals surface area contributed by atoms with Gasteiger partial charge >= 0.3 is 5.97 Å². The van der Waals surface area contributed by atoms with Crippen molar-refractivity contribution in [2.24, 2.45) is 0 Å². The summed E-state index contributed by atoms with van der Waals surface area (Å²) in [5.41, 5.74) is 8.56. The van der Waals surface area contributed by atoms with Crippen molar-refractivity contribution in [3.05, 3.63) is 70.1 Å². The molecule has 3 aromatic rings. The average Bonchev–Trinajstić information content (AvgIpc) is 3.24. The summed E-state index contributed by atoms with van der Waals surface area (Å²) in [4.78, 5) is 27.2. The van der Waals surface area contributed by atoms with E-state index in [1.165, 1.54) is 11.3 Å². The molecule has 1 amide bonds. The number of aryl methyl sites for hydroxylation is 3. The molecular formula is C27H33N3O5S2. The molecule has 4 N–H and O–H groups in total. The van der Waals surface area contributed by atoms with Crippen molar-refractivity contribution in [1.29, 1.82) is 0 Å². The van der Waals surface area contributed by atoms with Crippen LogP contribution in [0.25, 0.3) is 10.4 Å². The Labute approximate surface area is 222 Å². The minimum atomic E-state index is -4.10. The van der Waals surface area contributed by atoms with E-state index in [9.17, 15) is 18.0 Å². The van der Waals surface area contributed by atoms with Gasteiger partial charge in [0.2, 0.25) is 10.0 Å². The van der Waals surface area contributed by atoms with E-state index in [1.807, 2.05) is 31.2 Å². The van der Waals surface area contributed by atoms with Gasteiger partial charge < -0.3 is 15.8 Å². The largest absolute Gasteiger partial charge is 0.459 e. The standard InChI is InChI=1S/C27H33N3O5S2/c1-16-12-17(2)24(18(3)13-16)37(33,34)30-21(26(32)35-27(4,5)6)15-29-25(31)23-11-10-22(36-23)19-8-7-9-20(28)14-19/h7-14,21,30H,15,28H2,1-6H3,(H,29,31)/t21-/m0/s1. The molecule has 1 atom stereocenters. The molecule has 0 saturated carbocycles. The van der Waals surface area contributed by atoms with Gasteiger partial charge in [-0.2, -0.15) is 4.72 Å². The zero-order valence-electron chi connectivity index (χ0n) is 21.8. The quantitative estimate of drug-likeness (QED) is 0.286. The molecule has 3 rings (SSSR count). The molecule has 198 valence electrons. The fourth-order valence-corrected chi connectivity index (χ4v) is 6.53. The van der Waals surface area contributed by atoms with Crippen molar-refractivity contribution in [2.45, 2.75) is 58.1 Å². The Morgan fingerprint density at radius 2 is 1.68 bits per heavy atom. The number of carbonyl (C=O) groups excluding carboxylic acids is 2. The van der Waals surface area contributed by atoms with Gasteiger partial charge in [-0.25, -0.2) is 8.42 Å². The lowest BCUT2D eigenvalue weighted by atomic mass is 10.1. The van der Waals surface area contributed by atoms with Crippen LogP contribution >= 0.6 is 11.3 Å². The lowest BCUT2D eigenvalue weighted by Crippen LogP contribution is -2.50. The first kappa shape index (κ1) is 28.4. The van der Waals surface area contributed by atoms with E-state index in [2.05, 4.69) is 10.0 Å². The van der Waals surface area contributed by atoms with Crippen LogP contribution in [0.3, 0.4) is 0 Å². The van der Waals surface area contributed by atoms with Crippen LogP contribution in [0.5, 0.6) is 0 Å². The monoisotopic (exact) mass is 543 g/mol. The normalized spacial score (nSPS) is 12.7. The van der Waals surface area contributed by atoms with Crippen LogP contribution in [-0.2, 0) is 19.6 Å². The molecule has 0 fully saturated rings. The Bertz CT molecular complexity index is 1400. The van der Waals surface area contributed by atoms with Gasteiger partial charge in [-0.1, -0.05) is 29.8 Å². The van der Waals surface area contributed by atoms with Crippen LogP contribution in [-0.4, -0.2) is 38.5 Å². The van der Waals surface area contributed by atoms with Crippen molar-refractivity contribution in [3.8, 4) is 10.4 Å². The minimum Gasteiger partial charge on any atom is -0.459 e. The summed E-state index contributed by atoms with van der Waals surface area (Å²) < 4.78 is 34.6. The van der Waals surface area contributed by atoms with E-state index in [0.717, 1.165) is 16.0 Å². The van der Waals surface area contributed by atoms with Crippen molar-refractivity contribution in [3.63, 3.8) is 0 Å². The number of thiophene rings is 1. The maximum Gasteiger partial charge on any atom is 0.326 e. The van der Waals surface area contributed by atoms with E-state index in [1.54, 1.807) is 58.9 Å². The highest BCUT2D eigenvalue weighted by Gasteiger charge is 2.32. The van der Waals surface area contributed by atoms with E-state index < -0.39 is 33.5 Å². The van der Waals surface area contributed by atoms with Crippen LogP contribution in [0.4, 0.5) is 5.69 Å². The predicted octanol–water partition coefficient (Wildman–Crippen LogP) is 4.34. The van der Waals surface area contributed by atoms with Gasteiger partial charge in [-0.3, -0.25) is 9.59 Å². The summed E-state index contributed by atoms with van der Waals surface area (Å²) in [5.74, 6) is -1.22. The highest BCUT2D eigenvalue weighted by Crippen LogP contribution is 2.29. The summed E-state index contributed by atoms with van der Waals surface area (Å²) >= 11 is 1.27. The zero-order valence-corrected chi connectivity index (χ0v) is 23.5. The SMILES string of the molecule is Cc1cc(C)c(S(=O)(=O)N[C@@H](CNC(=O)c2ccc(-c3cccc(N)c3)s2)C(=O)OC(C)(C)C)c(C)c1. The topological polar surface area (TPSA) is 128 Å². The van der Waals surface area contributed by atoms with Crippen LogP contribution in [0, 0.1) is 20.8 Å². The Hall–Kier alpha value is -3.21. The maximum absolute atomic E-state index is 13.3. The van der Waals surface area contributed by atoms with Crippen LogP contribution in [0.2, 0.25) is 0 Å². The van der Waals surface area contributed by atoms with Crippen molar-refractivity contribution < 1.29 is 22.7 Å². The molecule has 0 unspecified atom stereocenters. The summed E-state index contributed by atoms with van der Waals surface area (Å²) in [6, 6.07) is 13.0. The van der Waals surface area contributed by atoms with Gasteiger partial charge in [-0.15, -0.1) is 11.3 Å². The van der Waals surface area contributed by atoms with Gasteiger partial charge in [0.25, 0.3) is 5.91 Å². The molecule has 0 radical (unpaired) electrons. The second-order valence-electron chi connectivity index (χ2n) is 9.93. The number of hydrogen-bond donors (Lipinski definition) is 3. The van der Waals surface area contributed by atoms with E-state index in [-0.39, 0.29) is 11.4 Å². The summed E-state index contributed by atoms with van der Waals surface area (Å²) in [7, 11) is -4.10. The summed E-state index contributed by atoms with van der Waals surface area (Å²) in [6.45, 7) is 10.1. The fraction of sp³-hybridized carbons (Fsp3) is 0.333. The number of esters is 1. The molecule has 0 aliphatic rings. The first-order valence-electron chi connectivity index (χ1n) is 11.7. The predicted molar refractivity (Wildman–Crippen MR) is 147 cm³/mol. The van der Waals surface area contributed by atoms with Crippen molar-refractivity contribution in [2.75, 3.05) is 12.3 Å². The molecule has 0 aliphatic carbocycles. The van der Waals surface area contributed by atoms with Gasteiger partial charge in [0.05, 0.1) is 9.77 Å². The van der Waals surface area contributed by atoms with Gasteiger partial charge in [0.1, 0.15) is 11.6 Å². The van der Waals surface area contributed by atoms with Crippen LogP contribution < -0.4 is 15.8 Å². The lowest BCUT2D eigenvalue weighted by Gasteiger charge is -2.25. The third kappa shape index (κ3) is 7.41. The highest BCUT2D eigenvalue weighted by molar-refractivity contribution is 7.89. The molecule has 0 aliphatic heterocycles. The number of nitrogen functional groups attached to an aromatic ring is 1. The molecule has 37 heavy (non-hydrogen) atoms. The second kappa shape index (κ2) is 11.0. The molecule has 8 nitrogen and oxygen atoms in total. The Morgan fingerprint density at radius 1 is 1.03 bits per heavy atom. The van der Waals surface area contributed by atoms with E-state index >= 15 is 0 Å². The van der Waals surface area contributed by atoms with E-state index in [4.69, 9.17) is 10.5 Å². The van der Waals surface area contributed by atoms with Crippen molar-refractivity contribution >= 4 is 38.9 Å². The van der Waals surface area contributed by atoms with Gasteiger partial charge in [0, 0.05) is 17.1 Å². The number of nitrogens with two attached hydrogens (primary N) is 1. The highest BCUT2D eigenvalue weighted by atomic mass is 32.2. The Morgan fingerprint density at radius 3 is 2.27 bits per heavy atom. The van der Waals surface area contributed by atoms with Gasteiger partial charge in [0.15, 0.2) is 0 Å². The third-order valence-electron chi connectivity index (χ3n) is 5.33. The second-order valence-corrected chi connectivity index (χ2v) is 12.7. The number of rotatable bonds is 8. The molecule has 2 aromatic carbocycles. The molecule has 1 heterocycles. The number of amides is 1. The van der Waals surface area contributed by atoms with Gasteiger partial charge in [-0.05, 0) is 82.5 Å². The molecule has 1 aromatic heterocycles. The molecule has 0 bridgehead atoms. The zero-order chi connectivity index (χ0) is 27.5. The number of sulfonamides is 1. The molecule has 10 heteroatoms. The first-order chi connectivity index (χ1) is 17.2. The third-order valence-corrected chi connectivity index (χ3v) is 8.24. The fourth-order valence-electron chi connectivity index (χ4n) is 3.97. The average molecular weight is 544 g/mol. The number of nitrogens with one attached hydrogen (secondary N) is 2.